The zero-order valence-electron chi connectivity index (χ0n) is 11.7. The third-order valence-corrected chi connectivity index (χ3v) is 4.52. The molecule has 2 fully saturated rings. The quantitative estimate of drug-likeness (QED) is 0.752. The van der Waals surface area contributed by atoms with Gasteiger partial charge in [-0.15, -0.1) is 0 Å². The number of piperidine rings is 1. The molecule has 1 saturated heterocycles. The van der Waals surface area contributed by atoms with Crippen molar-refractivity contribution in [2.24, 2.45) is 5.92 Å². The lowest BCUT2D eigenvalue weighted by Gasteiger charge is -2.18. The number of likely N-dealkylation sites (N-methyl/N-ethyl adjacent to an activating group) is 1. The summed E-state index contributed by atoms with van der Waals surface area (Å²) in [6.45, 7) is 1.50. The van der Waals surface area contributed by atoms with Crippen molar-refractivity contribution < 1.29 is 14.4 Å². The van der Waals surface area contributed by atoms with Crippen molar-refractivity contribution in [3.63, 3.8) is 0 Å². The van der Waals surface area contributed by atoms with E-state index >= 15 is 0 Å². The number of hydrogen-bond acceptors (Lipinski definition) is 3. The van der Waals surface area contributed by atoms with Gasteiger partial charge in [0.25, 0.3) is 0 Å². The normalized spacial score (nSPS) is 27.6. The van der Waals surface area contributed by atoms with E-state index in [-0.39, 0.29) is 23.6 Å². The van der Waals surface area contributed by atoms with Crippen LogP contribution in [0.4, 0.5) is 5.69 Å². The predicted molar refractivity (Wildman–Crippen MR) is 73.1 cm³/mol. The van der Waals surface area contributed by atoms with E-state index in [1.54, 1.807) is 11.9 Å². The van der Waals surface area contributed by atoms with Crippen LogP contribution in [0.3, 0.4) is 0 Å². The molecule has 1 aliphatic carbocycles. The molecule has 1 aromatic rings. The number of rotatable bonds is 2. The van der Waals surface area contributed by atoms with Crippen molar-refractivity contribution in [2.75, 3.05) is 19.0 Å². The van der Waals surface area contributed by atoms with Crippen molar-refractivity contribution in [3.8, 4) is 0 Å². The highest BCUT2D eigenvalue weighted by Gasteiger charge is 2.71. The molecule has 0 radical (unpaired) electrons. The fourth-order valence-corrected chi connectivity index (χ4v) is 3.04. The minimum Gasteiger partial charge on any atom is -0.316 e. The number of benzene rings is 1. The summed E-state index contributed by atoms with van der Waals surface area (Å²) in [6, 6.07) is 7.33. The number of nitrogens with zero attached hydrogens (tertiary/aromatic N) is 2. The predicted octanol–water partition coefficient (Wildman–Crippen LogP) is 0.926. The van der Waals surface area contributed by atoms with Crippen LogP contribution in [0.2, 0.25) is 0 Å². The lowest BCUT2D eigenvalue weighted by Crippen LogP contribution is -2.32. The molecule has 0 bridgehead atoms. The second-order valence-corrected chi connectivity index (χ2v) is 5.56. The molecule has 0 N–H and O–H groups in total. The van der Waals surface area contributed by atoms with Gasteiger partial charge < -0.3 is 4.90 Å². The summed E-state index contributed by atoms with van der Waals surface area (Å²) in [5, 5.41) is 0. The third-order valence-electron chi connectivity index (χ3n) is 4.52. The van der Waals surface area contributed by atoms with Crippen LogP contribution in [0.1, 0.15) is 18.9 Å². The number of carbonyl (C=O) groups is 3. The maximum absolute atomic E-state index is 12.2. The van der Waals surface area contributed by atoms with Gasteiger partial charge in [0.15, 0.2) is 0 Å². The number of imide groups is 1. The van der Waals surface area contributed by atoms with Gasteiger partial charge in [-0.2, -0.15) is 0 Å². The van der Waals surface area contributed by atoms with Crippen LogP contribution in [0.15, 0.2) is 24.3 Å². The summed E-state index contributed by atoms with van der Waals surface area (Å²) in [4.78, 5) is 38.2. The molecule has 20 heavy (non-hydrogen) atoms. The minimum atomic E-state index is -0.640. The molecule has 2 unspecified atom stereocenters. The first-order valence-corrected chi connectivity index (χ1v) is 6.56. The van der Waals surface area contributed by atoms with Crippen LogP contribution >= 0.6 is 0 Å². The molecule has 5 nitrogen and oxygen atoms in total. The first kappa shape index (κ1) is 12.8. The first-order chi connectivity index (χ1) is 9.39. The van der Waals surface area contributed by atoms with Gasteiger partial charge in [0, 0.05) is 26.7 Å². The molecule has 1 aliphatic heterocycles. The number of carbonyl (C=O) groups excluding carboxylic acids is 3. The van der Waals surface area contributed by atoms with Gasteiger partial charge >= 0.3 is 0 Å². The number of fused-ring (bicyclic) bond motifs is 1. The summed E-state index contributed by atoms with van der Waals surface area (Å²) in [6.07, 6.45) is 0.608. The molecule has 3 rings (SSSR count). The Kier molecular flexibility index (Phi) is 2.51. The zero-order chi connectivity index (χ0) is 14.7. The van der Waals surface area contributed by atoms with Crippen molar-refractivity contribution in [3.05, 3.63) is 29.8 Å². The Morgan fingerprint density at radius 2 is 1.90 bits per heavy atom. The molecule has 1 heterocycles. The lowest BCUT2D eigenvalue weighted by atomic mass is 9.94. The fraction of sp³-hybridized carbons (Fsp3) is 0.400. The first-order valence-electron chi connectivity index (χ1n) is 6.56. The van der Waals surface area contributed by atoms with Crippen molar-refractivity contribution in [2.45, 2.75) is 18.8 Å². The average molecular weight is 272 g/mol. The van der Waals surface area contributed by atoms with E-state index in [1.165, 1.54) is 18.9 Å². The zero-order valence-corrected chi connectivity index (χ0v) is 11.7. The standard InChI is InChI=1S/C15H16N2O3/c1-9(18)16(2)11-6-4-10(5-7-11)15-8-12(15)13(19)17(3)14(15)20/h4-7,12H,8H2,1-3H3. The maximum atomic E-state index is 12.2. The summed E-state index contributed by atoms with van der Waals surface area (Å²) < 4.78 is 0. The monoisotopic (exact) mass is 272 g/mol. The fourth-order valence-electron chi connectivity index (χ4n) is 3.04. The van der Waals surface area contributed by atoms with Gasteiger partial charge in [0.05, 0.1) is 11.3 Å². The molecule has 3 amide bonds. The van der Waals surface area contributed by atoms with Gasteiger partial charge in [-0.05, 0) is 24.1 Å². The Morgan fingerprint density at radius 1 is 1.30 bits per heavy atom. The molecule has 1 saturated carbocycles. The number of anilines is 1. The SMILES string of the molecule is CC(=O)N(C)c1ccc(C23CC2C(=O)N(C)C3=O)cc1. The third kappa shape index (κ3) is 1.46. The van der Waals surface area contributed by atoms with Crippen LogP contribution in [-0.4, -0.2) is 36.7 Å². The van der Waals surface area contributed by atoms with E-state index in [2.05, 4.69) is 0 Å². The van der Waals surface area contributed by atoms with Crippen molar-refractivity contribution in [1.82, 2.24) is 4.90 Å². The Morgan fingerprint density at radius 3 is 2.35 bits per heavy atom. The van der Waals surface area contributed by atoms with Gasteiger partial charge in [0.2, 0.25) is 17.7 Å². The highest BCUT2D eigenvalue weighted by atomic mass is 16.2. The van der Waals surface area contributed by atoms with E-state index in [1.807, 2.05) is 24.3 Å². The van der Waals surface area contributed by atoms with E-state index < -0.39 is 5.41 Å². The molecule has 2 aliphatic rings. The van der Waals surface area contributed by atoms with Crippen molar-refractivity contribution >= 4 is 23.4 Å². The van der Waals surface area contributed by atoms with Gasteiger partial charge in [-0.3, -0.25) is 19.3 Å². The molecule has 0 aromatic heterocycles. The Balaban J connectivity index is 1.92. The van der Waals surface area contributed by atoms with E-state index in [0.717, 1.165) is 11.3 Å². The van der Waals surface area contributed by atoms with Gasteiger partial charge in [0.1, 0.15) is 0 Å². The van der Waals surface area contributed by atoms with Gasteiger partial charge in [-0.25, -0.2) is 0 Å². The van der Waals surface area contributed by atoms with E-state index in [4.69, 9.17) is 0 Å². The average Bonchev–Trinajstić information content (AvgIpc) is 3.16. The van der Waals surface area contributed by atoms with Crippen LogP contribution < -0.4 is 4.90 Å². The highest BCUT2D eigenvalue weighted by Crippen LogP contribution is 2.60. The molecular formula is C15H16N2O3. The van der Waals surface area contributed by atoms with E-state index in [9.17, 15) is 14.4 Å². The molecule has 5 heteroatoms. The maximum Gasteiger partial charge on any atom is 0.240 e. The Hall–Kier alpha value is -2.17. The Bertz CT molecular complexity index is 623. The van der Waals surface area contributed by atoms with Crippen LogP contribution in [-0.2, 0) is 19.8 Å². The largest absolute Gasteiger partial charge is 0.316 e. The number of likely N-dealkylation sites (tertiary alicyclic amines) is 1. The van der Waals surface area contributed by atoms with Crippen LogP contribution in [0.25, 0.3) is 0 Å². The smallest absolute Gasteiger partial charge is 0.240 e. The molecule has 2 atom stereocenters. The number of amides is 3. The molecule has 1 aromatic carbocycles. The van der Waals surface area contributed by atoms with Crippen molar-refractivity contribution in [1.29, 1.82) is 0 Å². The van der Waals surface area contributed by atoms with Gasteiger partial charge in [-0.1, -0.05) is 12.1 Å². The molecule has 104 valence electrons. The summed E-state index contributed by atoms with van der Waals surface area (Å²) >= 11 is 0. The highest BCUT2D eigenvalue weighted by molar-refractivity contribution is 6.14. The summed E-state index contributed by atoms with van der Waals surface area (Å²) in [5.41, 5.74) is 1.00. The topological polar surface area (TPSA) is 57.7 Å². The minimum absolute atomic E-state index is 0.0490. The Labute approximate surface area is 117 Å². The lowest BCUT2D eigenvalue weighted by molar-refractivity contribution is -0.140. The number of hydrogen-bond donors (Lipinski definition) is 0. The van der Waals surface area contributed by atoms with E-state index in [0.29, 0.717) is 6.42 Å². The van der Waals surface area contributed by atoms with Crippen LogP contribution in [0.5, 0.6) is 0 Å². The second-order valence-electron chi connectivity index (χ2n) is 5.56. The molecule has 0 spiro atoms. The summed E-state index contributed by atoms with van der Waals surface area (Å²) in [5.74, 6) is -0.441. The van der Waals surface area contributed by atoms with Crippen LogP contribution in [0, 0.1) is 5.92 Å². The molecular weight excluding hydrogens is 256 g/mol. The summed E-state index contributed by atoms with van der Waals surface area (Å²) in [7, 11) is 3.24. The second kappa shape index (κ2) is 3.91.